The summed E-state index contributed by atoms with van der Waals surface area (Å²) in [5.74, 6) is -0.0714. The molecule has 0 radical (unpaired) electrons. The summed E-state index contributed by atoms with van der Waals surface area (Å²) in [7, 11) is 0. The number of ketones is 1. The van der Waals surface area contributed by atoms with Gasteiger partial charge in [0, 0.05) is 32.2 Å². The molecule has 0 spiro atoms. The Hall–Kier alpha value is -1.71. The van der Waals surface area contributed by atoms with Gasteiger partial charge in [0.25, 0.3) is 0 Å². The molecule has 0 saturated heterocycles. The number of carbonyl (C=O) groups is 1. The van der Waals surface area contributed by atoms with Crippen molar-refractivity contribution in [2.75, 3.05) is 0 Å². The Kier molecular flexibility index (Phi) is 3.55. The molecule has 0 saturated carbocycles. The maximum absolute atomic E-state index is 12.7. The molecule has 98 valence electrons. The Morgan fingerprint density at radius 3 is 2.65 bits per heavy atom. The fourth-order valence-corrected chi connectivity index (χ4v) is 2.97. The van der Waals surface area contributed by atoms with Crippen molar-refractivity contribution in [2.24, 2.45) is 0 Å². The van der Waals surface area contributed by atoms with Gasteiger partial charge in [0.15, 0.2) is 5.78 Å². The van der Waals surface area contributed by atoms with Crippen LogP contribution in [0.25, 0.3) is 10.9 Å². The van der Waals surface area contributed by atoms with Crippen molar-refractivity contribution < 1.29 is 4.79 Å². The normalized spacial score (nSPS) is 10.7. The van der Waals surface area contributed by atoms with Crippen molar-refractivity contribution in [3.05, 3.63) is 75.4 Å². The molecule has 0 aliphatic rings. The number of nitrogens with zero attached hydrogens (tertiary/aromatic N) is 1. The molecule has 3 rings (SSSR count). The van der Waals surface area contributed by atoms with Gasteiger partial charge in [-0.05, 0) is 46.3 Å². The molecular weight excluding hydrogens is 338 g/mol. The molecule has 0 fully saturated rings. The first kappa shape index (κ1) is 13.3. The molecule has 4 heteroatoms. The number of aromatic nitrogens is 1. The maximum atomic E-state index is 12.7. The summed E-state index contributed by atoms with van der Waals surface area (Å²) in [4.78, 5) is 17.0. The molecule has 1 heterocycles. The average molecular weight is 347 g/mol. The molecule has 0 N–H and O–H groups in total. The number of hydrogen-bond donors (Lipinski definition) is 0. The van der Waals surface area contributed by atoms with E-state index in [0.717, 1.165) is 5.39 Å². The molecule has 0 aliphatic heterocycles. The number of rotatable bonds is 2. The van der Waals surface area contributed by atoms with E-state index in [2.05, 4.69) is 20.9 Å². The summed E-state index contributed by atoms with van der Waals surface area (Å²) in [6, 6.07) is 14.5. The summed E-state index contributed by atoms with van der Waals surface area (Å²) < 4.78 is 0.683. The highest BCUT2D eigenvalue weighted by Crippen LogP contribution is 2.26. The predicted octanol–water partition coefficient (Wildman–Crippen LogP) is 4.88. The third kappa shape index (κ3) is 2.35. The van der Waals surface area contributed by atoms with Crippen LogP contribution in [-0.2, 0) is 0 Å². The van der Waals surface area contributed by atoms with Crippen LogP contribution in [0.2, 0.25) is 5.02 Å². The molecule has 0 atom stereocenters. The van der Waals surface area contributed by atoms with E-state index < -0.39 is 0 Å². The standard InChI is InChI=1S/C16H9BrClNO/c17-14-9-11(18)6-7-12(14)16(20)13-5-1-3-10-4-2-8-19-15(10)13/h1-9H. The number of benzene rings is 2. The van der Waals surface area contributed by atoms with E-state index in [1.807, 2.05) is 24.3 Å². The van der Waals surface area contributed by atoms with E-state index in [0.29, 0.717) is 26.1 Å². The van der Waals surface area contributed by atoms with Crippen LogP contribution >= 0.6 is 27.5 Å². The second-order valence-corrected chi connectivity index (χ2v) is 5.62. The topological polar surface area (TPSA) is 30.0 Å². The van der Waals surface area contributed by atoms with Gasteiger partial charge in [0.1, 0.15) is 0 Å². The van der Waals surface area contributed by atoms with Gasteiger partial charge in [-0.1, -0.05) is 29.8 Å². The number of para-hydroxylation sites is 1. The van der Waals surface area contributed by atoms with Gasteiger partial charge >= 0.3 is 0 Å². The fourth-order valence-electron chi connectivity index (χ4n) is 2.11. The second-order valence-electron chi connectivity index (χ2n) is 4.33. The SMILES string of the molecule is O=C(c1ccc(Cl)cc1Br)c1cccc2cccnc12. The third-order valence-electron chi connectivity index (χ3n) is 3.05. The van der Waals surface area contributed by atoms with Crippen LogP contribution in [0.1, 0.15) is 15.9 Å². The summed E-state index contributed by atoms with van der Waals surface area (Å²) in [6.45, 7) is 0. The molecule has 20 heavy (non-hydrogen) atoms. The van der Waals surface area contributed by atoms with Crippen LogP contribution < -0.4 is 0 Å². The van der Waals surface area contributed by atoms with E-state index in [1.165, 1.54) is 0 Å². The molecule has 1 aromatic heterocycles. The highest BCUT2D eigenvalue weighted by Gasteiger charge is 2.15. The molecule has 2 aromatic carbocycles. The molecule has 0 unspecified atom stereocenters. The van der Waals surface area contributed by atoms with Crippen LogP contribution in [0.4, 0.5) is 0 Å². The molecule has 3 aromatic rings. The number of halogens is 2. The molecule has 2 nitrogen and oxygen atoms in total. The Morgan fingerprint density at radius 1 is 1.05 bits per heavy atom. The third-order valence-corrected chi connectivity index (χ3v) is 3.94. The van der Waals surface area contributed by atoms with Crippen LogP contribution in [0.5, 0.6) is 0 Å². The predicted molar refractivity (Wildman–Crippen MR) is 84.3 cm³/mol. The minimum atomic E-state index is -0.0714. The first-order valence-corrected chi connectivity index (χ1v) is 7.17. The maximum Gasteiger partial charge on any atom is 0.196 e. The van der Waals surface area contributed by atoms with Crippen molar-refractivity contribution in [1.29, 1.82) is 0 Å². The van der Waals surface area contributed by atoms with E-state index in [1.54, 1.807) is 30.5 Å². The van der Waals surface area contributed by atoms with Crippen LogP contribution in [0.15, 0.2) is 59.2 Å². The lowest BCUT2D eigenvalue weighted by atomic mass is 10.0. The average Bonchev–Trinajstić information content (AvgIpc) is 2.46. The zero-order valence-corrected chi connectivity index (χ0v) is 12.6. The Morgan fingerprint density at radius 2 is 1.85 bits per heavy atom. The fraction of sp³-hybridized carbons (Fsp3) is 0. The zero-order valence-electron chi connectivity index (χ0n) is 10.3. The van der Waals surface area contributed by atoms with Crippen LogP contribution in [0, 0.1) is 0 Å². The Bertz CT molecular complexity index is 811. The van der Waals surface area contributed by atoms with Crippen molar-refractivity contribution in [1.82, 2.24) is 4.98 Å². The van der Waals surface area contributed by atoms with Gasteiger partial charge in [0.05, 0.1) is 5.52 Å². The summed E-state index contributed by atoms with van der Waals surface area (Å²) >= 11 is 9.29. The highest BCUT2D eigenvalue weighted by atomic mass is 79.9. The van der Waals surface area contributed by atoms with Crippen molar-refractivity contribution >= 4 is 44.2 Å². The van der Waals surface area contributed by atoms with Gasteiger partial charge in [-0.15, -0.1) is 0 Å². The number of pyridine rings is 1. The first-order valence-electron chi connectivity index (χ1n) is 6.00. The molecule has 0 bridgehead atoms. The minimum Gasteiger partial charge on any atom is -0.288 e. The lowest BCUT2D eigenvalue weighted by Crippen LogP contribution is -2.04. The minimum absolute atomic E-state index is 0.0714. The van der Waals surface area contributed by atoms with E-state index in [-0.39, 0.29) is 5.78 Å². The van der Waals surface area contributed by atoms with Gasteiger partial charge in [0.2, 0.25) is 0 Å². The van der Waals surface area contributed by atoms with E-state index in [4.69, 9.17) is 11.6 Å². The Labute approximate surface area is 129 Å². The Balaban J connectivity index is 2.18. The zero-order chi connectivity index (χ0) is 14.1. The van der Waals surface area contributed by atoms with E-state index >= 15 is 0 Å². The first-order chi connectivity index (χ1) is 9.66. The summed E-state index contributed by atoms with van der Waals surface area (Å²) in [5.41, 5.74) is 1.88. The van der Waals surface area contributed by atoms with Gasteiger partial charge < -0.3 is 0 Å². The van der Waals surface area contributed by atoms with Crippen molar-refractivity contribution in [2.45, 2.75) is 0 Å². The number of hydrogen-bond acceptors (Lipinski definition) is 2. The molecule has 0 amide bonds. The quantitative estimate of drug-likeness (QED) is 0.619. The lowest BCUT2D eigenvalue weighted by Gasteiger charge is -2.07. The van der Waals surface area contributed by atoms with Crippen molar-refractivity contribution in [3.8, 4) is 0 Å². The molecule has 0 aliphatic carbocycles. The highest BCUT2D eigenvalue weighted by molar-refractivity contribution is 9.10. The van der Waals surface area contributed by atoms with Gasteiger partial charge in [-0.25, -0.2) is 0 Å². The van der Waals surface area contributed by atoms with Gasteiger partial charge in [-0.2, -0.15) is 0 Å². The lowest BCUT2D eigenvalue weighted by molar-refractivity contribution is 0.103. The summed E-state index contributed by atoms with van der Waals surface area (Å²) in [5, 5.41) is 1.54. The monoisotopic (exact) mass is 345 g/mol. The molecular formula is C16H9BrClNO. The number of fused-ring (bicyclic) bond motifs is 1. The smallest absolute Gasteiger partial charge is 0.196 e. The van der Waals surface area contributed by atoms with E-state index in [9.17, 15) is 4.79 Å². The van der Waals surface area contributed by atoms with Crippen LogP contribution in [0.3, 0.4) is 0 Å². The van der Waals surface area contributed by atoms with Gasteiger partial charge in [-0.3, -0.25) is 9.78 Å². The second kappa shape index (κ2) is 5.35. The van der Waals surface area contributed by atoms with Crippen molar-refractivity contribution in [3.63, 3.8) is 0 Å². The largest absolute Gasteiger partial charge is 0.288 e. The number of carbonyl (C=O) groups excluding carboxylic acids is 1. The summed E-state index contributed by atoms with van der Waals surface area (Å²) in [6.07, 6.45) is 1.69. The van der Waals surface area contributed by atoms with Crippen LogP contribution in [-0.4, -0.2) is 10.8 Å².